The molecule has 2 N–H and O–H groups in total. The van der Waals surface area contributed by atoms with Crippen molar-refractivity contribution in [3.05, 3.63) is 35.7 Å². The molecule has 2 heterocycles. The van der Waals surface area contributed by atoms with Crippen LogP contribution in [0.4, 0.5) is 13.2 Å². The van der Waals surface area contributed by atoms with E-state index in [0.717, 1.165) is 25.1 Å². The summed E-state index contributed by atoms with van der Waals surface area (Å²) in [5.74, 6) is 1.44. The number of hydrogen-bond acceptors (Lipinski definition) is 3. The molecule has 0 bridgehead atoms. The molecule has 112 valence electrons. The molecular weight excluding hydrogens is 281 g/mol. The van der Waals surface area contributed by atoms with E-state index >= 15 is 0 Å². The van der Waals surface area contributed by atoms with Gasteiger partial charge >= 0.3 is 6.18 Å². The minimum absolute atomic E-state index is 0.186. The van der Waals surface area contributed by atoms with E-state index in [4.69, 9.17) is 5.73 Å². The van der Waals surface area contributed by atoms with Gasteiger partial charge in [-0.2, -0.15) is 18.3 Å². The molecule has 0 aliphatic carbocycles. The van der Waals surface area contributed by atoms with Gasteiger partial charge in [0.05, 0.1) is 11.6 Å². The summed E-state index contributed by atoms with van der Waals surface area (Å²) in [4.78, 5) is 4.39. The summed E-state index contributed by atoms with van der Waals surface area (Å²) in [6, 6.07) is 4.67. The summed E-state index contributed by atoms with van der Waals surface area (Å²) in [5.41, 5.74) is 5.97. The molecule has 1 aliphatic heterocycles. The lowest BCUT2D eigenvalue weighted by molar-refractivity contribution is -0.137. The zero-order valence-electron chi connectivity index (χ0n) is 11.4. The molecule has 21 heavy (non-hydrogen) atoms. The quantitative estimate of drug-likeness (QED) is 0.880. The number of hydrogen-bond donors (Lipinski definition) is 1. The van der Waals surface area contributed by atoms with Crippen molar-refractivity contribution in [3.8, 4) is 11.4 Å². The first-order valence-corrected chi connectivity index (χ1v) is 6.74. The second-order valence-corrected chi connectivity index (χ2v) is 5.38. The SMILES string of the molecule is CC1CCn2nc(-c3ccc(C(F)(F)F)cc3)nc2C1N. The summed E-state index contributed by atoms with van der Waals surface area (Å²) in [7, 11) is 0. The number of benzene rings is 1. The van der Waals surface area contributed by atoms with Crippen LogP contribution < -0.4 is 5.73 Å². The molecule has 0 fully saturated rings. The standard InChI is InChI=1S/C14H15F3N4/c1-8-6-7-21-13(11(8)18)19-12(20-21)9-2-4-10(5-3-9)14(15,16)17/h2-5,8,11H,6-7,18H2,1H3. The van der Waals surface area contributed by atoms with Gasteiger partial charge < -0.3 is 5.73 Å². The van der Waals surface area contributed by atoms with Gasteiger partial charge in [0.1, 0.15) is 5.82 Å². The van der Waals surface area contributed by atoms with E-state index < -0.39 is 11.7 Å². The first kappa shape index (κ1) is 14.1. The van der Waals surface area contributed by atoms with Crippen molar-refractivity contribution in [3.63, 3.8) is 0 Å². The molecule has 0 saturated carbocycles. The Morgan fingerprint density at radius 2 is 1.90 bits per heavy atom. The number of aryl methyl sites for hydroxylation is 1. The number of halogens is 3. The lowest BCUT2D eigenvalue weighted by atomic mass is 9.95. The number of rotatable bonds is 1. The molecule has 1 aromatic carbocycles. The van der Waals surface area contributed by atoms with Crippen LogP contribution in [0.25, 0.3) is 11.4 Å². The summed E-state index contributed by atoms with van der Waals surface area (Å²) in [5, 5.41) is 4.34. The van der Waals surface area contributed by atoms with Gasteiger partial charge in [-0.15, -0.1) is 0 Å². The highest BCUT2D eigenvalue weighted by molar-refractivity contribution is 5.55. The van der Waals surface area contributed by atoms with Crippen molar-refractivity contribution in [1.29, 1.82) is 0 Å². The molecule has 7 heteroatoms. The van der Waals surface area contributed by atoms with Gasteiger partial charge in [-0.1, -0.05) is 19.1 Å². The number of fused-ring (bicyclic) bond motifs is 1. The summed E-state index contributed by atoms with van der Waals surface area (Å²) >= 11 is 0. The van der Waals surface area contributed by atoms with E-state index in [1.54, 1.807) is 4.68 Å². The van der Waals surface area contributed by atoms with E-state index in [2.05, 4.69) is 17.0 Å². The van der Waals surface area contributed by atoms with Crippen LogP contribution in [0.15, 0.2) is 24.3 Å². The fourth-order valence-corrected chi connectivity index (χ4v) is 2.46. The smallest absolute Gasteiger partial charge is 0.321 e. The van der Waals surface area contributed by atoms with Crippen LogP contribution in [0.5, 0.6) is 0 Å². The minimum atomic E-state index is -4.34. The third-order valence-corrected chi connectivity index (χ3v) is 3.88. The predicted octanol–water partition coefficient (Wildman–Crippen LogP) is 3.00. The third-order valence-electron chi connectivity index (χ3n) is 3.88. The summed E-state index contributed by atoms with van der Waals surface area (Å²) in [6.45, 7) is 2.79. The maximum absolute atomic E-state index is 12.6. The van der Waals surface area contributed by atoms with Gasteiger partial charge in [0, 0.05) is 12.1 Å². The Labute approximate surface area is 119 Å². The van der Waals surface area contributed by atoms with E-state index in [9.17, 15) is 13.2 Å². The van der Waals surface area contributed by atoms with Crippen molar-refractivity contribution in [2.75, 3.05) is 0 Å². The molecule has 1 aromatic heterocycles. The van der Waals surface area contributed by atoms with Crippen molar-refractivity contribution in [1.82, 2.24) is 14.8 Å². The highest BCUT2D eigenvalue weighted by Gasteiger charge is 2.30. The van der Waals surface area contributed by atoms with Crippen LogP contribution in [0.1, 0.15) is 30.8 Å². The lowest BCUT2D eigenvalue weighted by Gasteiger charge is -2.24. The van der Waals surface area contributed by atoms with Gasteiger partial charge in [-0.3, -0.25) is 0 Å². The molecule has 2 aromatic rings. The van der Waals surface area contributed by atoms with E-state index in [1.165, 1.54) is 12.1 Å². The molecule has 3 rings (SSSR count). The van der Waals surface area contributed by atoms with E-state index in [-0.39, 0.29) is 6.04 Å². The fraction of sp³-hybridized carbons (Fsp3) is 0.429. The Kier molecular flexibility index (Phi) is 3.24. The van der Waals surface area contributed by atoms with E-state index in [1.807, 2.05) is 0 Å². The minimum Gasteiger partial charge on any atom is -0.321 e. The van der Waals surface area contributed by atoms with Crippen LogP contribution in [0.2, 0.25) is 0 Å². The summed E-state index contributed by atoms with van der Waals surface area (Å²) in [6.07, 6.45) is -3.42. The van der Waals surface area contributed by atoms with Crippen LogP contribution in [-0.2, 0) is 12.7 Å². The highest BCUT2D eigenvalue weighted by Crippen LogP contribution is 2.32. The molecule has 2 atom stereocenters. The normalized spacial score (nSPS) is 22.1. The maximum atomic E-state index is 12.6. The lowest BCUT2D eigenvalue weighted by Crippen LogP contribution is -2.29. The molecular formula is C14H15F3N4. The van der Waals surface area contributed by atoms with E-state index in [0.29, 0.717) is 23.1 Å². The van der Waals surface area contributed by atoms with Crippen molar-refractivity contribution in [2.24, 2.45) is 11.7 Å². The van der Waals surface area contributed by atoms with Gasteiger partial charge in [0.15, 0.2) is 5.82 Å². The molecule has 4 nitrogen and oxygen atoms in total. The third kappa shape index (κ3) is 2.53. The second-order valence-electron chi connectivity index (χ2n) is 5.38. The Hall–Kier alpha value is -1.89. The van der Waals surface area contributed by atoms with Crippen LogP contribution in [0, 0.1) is 5.92 Å². The van der Waals surface area contributed by atoms with Crippen molar-refractivity contribution < 1.29 is 13.2 Å². The zero-order valence-corrected chi connectivity index (χ0v) is 11.4. The van der Waals surface area contributed by atoms with Crippen molar-refractivity contribution >= 4 is 0 Å². The van der Waals surface area contributed by atoms with Crippen LogP contribution in [0.3, 0.4) is 0 Å². The number of nitrogens with zero attached hydrogens (tertiary/aromatic N) is 3. The number of nitrogens with two attached hydrogens (primary N) is 1. The first-order valence-electron chi connectivity index (χ1n) is 6.74. The molecule has 0 spiro atoms. The van der Waals surface area contributed by atoms with Gasteiger partial charge in [-0.05, 0) is 24.5 Å². The Morgan fingerprint density at radius 1 is 1.24 bits per heavy atom. The van der Waals surface area contributed by atoms with Gasteiger partial charge in [0.25, 0.3) is 0 Å². The Balaban J connectivity index is 1.93. The molecule has 2 unspecified atom stereocenters. The van der Waals surface area contributed by atoms with Crippen LogP contribution >= 0.6 is 0 Å². The molecule has 0 saturated heterocycles. The fourth-order valence-electron chi connectivity index (χ4n) is 2.46. The largest absolute Gasteiger partial charge is 0.416 e. The molecule has 1 aliphatic rings. The second kappa shape index (κ2) is 4.84. The molecule has 0 radical (unpaired) electrons. The highest BCUT2D eigenvalue weighted by atomic mass is 19.4. The number of aromatic nitrogens is 3. The number of alkyl halides is 3. The monoisotopic (exact) mass is 296 g/mol. The average molecular weight is 296 g/mol. The predicted molar refractivity (Wildman–Crippen MR) is 71.2 cm³/mol. The zero-order chi connectivity index (χ0) is 15.2. The molecule has 0 amide bonds. The average Bonchev–Trinajstić information content (AvgIpc) is 2.87. The summed E-state index contributed by atoms with van der Waals surface area (Å²) < 4.78 is 39.4. The topological polar surface area (TPSA) is 56.7 Å². The van der Waals surface area contributed by atoms with Gasteiger partial charge in [0.2, 0.25) is 0 Å². The Morgan fingerprint density at radius 3 is 2.52 bits per heavy atom. The van der Waals surface area contributed by atoms with Crippen LogP contribution in [-0.4, -0.2) is 14.8 Å². The maximum Gasteiger partial charge on any atom is 0.416 e. The Bertz CT molecular complexity index is 645. The van der Waals surface area contributed by atoms with Gasteiger partial charge in [-0.25, -0.2) is 9.67 Å². The van der Waals surface area contributed by atoms with Crippen molar-refractivity contribution in [2.45, 2.75) is 32.1 Å². The first-order chi connectivity index (χ1) is 9.86.